The zero-order valence-corrected chi connectivity index (χ0v) is 13.1. The van der Waals surface area contributed by atoms with Crippen LogP contribution in [-0.2, 0) is 4.74 Å². The zero-order chi connectivity index (χ0) is 14.8. The van der Waals surface area contributed by atoms with E-state index in [1.165, 1.54) is 0 Å². The van der Waals surface area contributed by atoms with Crippen molar-refractivity contribution < 1.29 is 14.6 Å². The summed E-state index contributed by atoms with van der Waals surface area (Å²) >= 11 is 11.8. The molecular formula is C14H21Cl2NO3. The first-order valence-corrected chi connectivity index (χ1v) is 7.43. The summed E-state index contributed by atoms with van der Waals surface area (Å²) in [6.07, 6.45) is 0.318. The van der Waals surface area contributed by atoms with Gasteiger partial charge in [-0.15, -0.1) is 0 Å². The van der Waals surface area contributed by atoms with Gasteiger partial charge in [0.25, 0.3) is 0 Å². The monoisotopic (exact) mass is 321 g/mol. The Hall–Kier alpha value is -0.520. The van der Waals surface area contributed by atoms with Gasteiger partial charge in [0.05, 0.1) is 5.02 Å². The van der Waals surface area contributed by atoms with Crippen LogP contribution < -0.4 is 10.1 Å². The van der Waals surface area contributed by atoms with E-state index >= 15 is 0 Å². The van der Waals surface area contributed by atoms with Gasteiger partial charge in [-0.2, -0.15) is 0 Å². The molecule has 1 aromatic carbocycles. The first-order chi connectivity index (χ1) is 9.63. The van der Waals surface area contributed by atoms with Crippen molar-refractivity contribution in [3.05, 3.63) is 28.2 Å². The third-order valence-electron chi connectivity index (χ3n) is 2.55. The molecule has 0 radical (unpaired) electrons. The molecule has 0 heterocycles. The van der Waals surface area contributed by atoms with E-state index in [2.05, 4.69) is 5.32 Å². The van der Waals surface area contributed by atoms with Crippen molar-refractivity contribution in [3.8, 4) is 5.75 Å². The molecule has 1 aromatic rings. The van der Waals surface area contributed by atoms with Crippen LogP contribution in [0.3, 0.4) is 0 Å². The molecule has 6 heteroatoms. The van der Waals surface area contributed by atoms with Crippen LogP contribution in [0, 0.1) is 0 Å². The molecule has 4 nitrogen and oxygen atoms in total. The fourth-order valence-corrected chi connectivity index (χ4v) is 1.88. The largest absolute Gasteiger partial charge is 0.489 e. The van der Waals surface area contributed by atoms with E-state index in [0.29, 0.717) is 22.3 Å². The van der Waals surface area contributed by atoms with Gasteiger partial charge in [0.2, 0.25) is 0 Å². The number of hydrogen-bond donors (Lipinski definition) is 2. The first kappa shape index (κ1) is 17.5. The minimum absolute atomic E-state index is 0.165. The molecule has 0 aliphatic carbocycles. The highest BCUT2D eigenvalue weighted by atomic mass is 35.5. The summed E-state index contributed by atoms with van der Waals surface area (Å²) in [7, 11) is 0. The van der Waals surface area contributed by atoms with Crippen LogP contribution in [0.4, 0.5) is 0 Å². The van der Waals surface area contributed by atoms with Crippen LogP contribution in [0.25, 0.3) is 0 Å². The molecule has 20 heavy (non-hydrogen) atoms. The smallest absolute Gasteiger partial charge is 0.139 e. The number of hydrogen-bond acceptors (Lipinski definition) is 4. The molecular weight excluding hydrogens is 301 g/mol. The van der Waals surface area contributed by atoms with Gasteiger partial charge < -0.3 is 19.9 Å². The average molecular weight is 322 g/mol. The third kappa shape index (κ3) is 7.31. The van der Waals surface area contributed by atoms with Crippen molar-refractivity contribution in [3.63, 3.8) is 0 Å². The second kappa shape index (κ2) is 10.2. The van der Waals surface area contributed by atoms with Gasteiger partial charge in [0.15, 0.2) is 0 Å². The van der Waals surface area contributed by atoms with Crippen molar-refractivity contribution in [2.45, 2.75) is 19.4 Å². The molecule has 0 amide bonds. The van der Waals surface area contributed by atoms with E-state index in [0.717, 1.165) is 26.2 Å². The molecule has 114 valence electrons. The van der Waals surface area contributed by atoms with Gasteiger partial charge in [-0.05, 0) is 32.0 Å². The standard InChI is InChI=1S/C14H21Cl2NO3/c1-2-19-7-3-6-17-9-12(18)10-20-14-8-11(15)4-5-13(14)16/h4-5,8,12,17-18H,2-3,6-7,9-10H2,1H3. The van der Waals surface area contributed by atoms with Gasteiger partial charge in [-0.1, -0.05) is 23.2 Å². The minimum atomic E-state index is -0.600. The highest BCUT2D eigenvalue weighted by Crippen LogP contribution is 2.27. The predicted octanol–water partition coefficient (Wildman–Crippen LogP) is 2.75. The number of ether oxygens (including phenoxy) is 2. The number of halogens is 2. The summed E-state index contributed by atoms with van der Waals surface area (Å²) in [5.74, 6) is 0.481. The lowest BCUT2D eigenvalue weighted by Crippen LogP contribution is -2.32. The van der Waals surface area contributed by atoms with Crippen LogP contribution >= 0.6 is 23.2 Å². The Morgan fingerprint density at radius 3 is 2.90 bits per heavy atom. The van der Waals surface area contributed by atoms with E-state index in [1.807, 2.05) is 6.92 Å². The van der Waals surface area contributed by atoms with Gasteiger partial charge in [0.1, 0.15) is 18.5 Å². The SMILES string of the molecule is CCOCCCNCC(O)COc1cc(Cl)ccc1Cl. The summed E-state index contributed by atoms with van der Waals surface area (Å²) in [5, 5.41) is 13.9. The molecule has 2 N–H and O–H groups in total. The zero-order valence-electron chi connectivity index (χ0n) is 11.6. The Labute approximate surface area is 130 Å². The van der Waals surface area contributed by atoms with Crippen LogP contribution in [0.5, 0.6) is 5.75 Å². The molecule has 0 fully saturated rings. The van der Waals surface area contributed by atoms with E-state index in [-0.39, 0.29) is 6.61 Å². The van der Waals surface area contributed by atoms with Crippen LogP contribution in [0.1, 0.15) is 13.3 Å². The summed E-state index contributed by atoms with van der Waals surface area (Å²) in [5.41, 5.74) is 0. The van der Waals surface area contributed by atoms with Crippen LogP contribution in [0.2, 0.25) is 10.0 Å². The van der Waals surface area contributed by atoms with Gasteiger partial charge in [-0.25, -0.2) is 0 Å². The number of nitrogens with one attached hydrogen (secondary N) is 1. The fourth-order valence-electron chi connectivity index (χ4n) is 1.54. The van der Waals surface area contributed by atoms with Gasteiger partial charge in [0, 0.05) is 30.8 Å². The van der Waals surface area contributed by atoms with E-state index < -0.39 is 6.10 Å². The van der Waals surface area contributed by atoms with Crippen LogP contribution in [0.15, 0.2) is 18.2 Å². The molecule has 0 aromatic heterocycles. The molecule has 0 aliphatic heterocycles. The van der Waals surface area contributed by atoms with Crippen molar-refractivity contribution in [1.29, 1.82) is 0 Å². The molecule has 1 unspecified atom stereocenters. The Morgan fingerprint density at radius 2 is 2.15 bits per heavy atom. The Balaban J connectivity index is 2.16. The summed E-state index contributed by atoms with van der Waals surface area (Å²) in [6.45, 7) is 4.86. The van der Waals surface area contributed by atoms with E-state index in [4.69, 9.17) is 32.7 Å². The maximum atomic E-state index is 9.78. The quantitative estimate of drug-likeness (QED) is 0.651. The summed E-state index contributed by atoms with van der Waals surface area (Å²) in [6, 6.07) is 4.98. The fraction of sp³-hybridized carbons (Fsp3) is 0.571. The van der Waals surface area contributed by atoms with Gasteiger partial charge >= 0.3 is 0 Å². The second-order valence-electron chi connectivity index (χ2n) is 4.29. The molecule has 0 saturated carbocycles. The molecule has 1 atom stereocenters. The predicted molar refractivity (Wildman–Crippen MR) is 81.9 cm³/mol. The van der Waals surface area contributed by atoms with Crippen molar-refractivity contribution in [2.75, 3.05) is 32.9 Å². The lowest BCUT2D eigenvalue weighted by molar-refractivity contribution is 0.104. The first-order valence-electron chi connectivity index (χ1n) is 6.68. The van der Waals surface area contributed by atoms with Crippen molar-refractivity contribution in [1.82, 2.24) is 5.32 Å². The van der Waals surface area contributed by atoms with E-state index in [1.54, 1.807) is 18.2 Å². The Kier molecular flexibility index (Phi) is 8.98. The van der Waals surface area contributed by atoms with Crippen molar-refractivity contribution >= 4 is 23.2 Å². The minimum Gasteiger partial charge on any atom is -0.489 e. The molecule has 1 rings (SSSR count). The molecule has 0 saturated heterocycles. The lowest BCUT2D eigenvalue weighted by atomic mass is 10.3. The normalized spacial score (nSPS) is 12.4. The average Bonchev–Trinajstić information content (AvgIpc) is 2.43. The second-order valence-corrected chi connectivity index (χ2v) is 5.14. The molecule has 0 spiro atoms. The summed E-state index contributed by atoms with van der Waals surface area (Å²) in [4.78, 5) is 0. The Morgan fingerprint density at radius 1 is 1.35 bits per heavy atom. The number of aliphatic hydroxyl groups excluding tert-OH is 1. The molecule has 0 bridgehead atoms. The third-order valence-corrected chi connectivity index (χ3v) is 3.10. The van der Waals surface area contributed by atoms with Gasteiger partial charge in [-0.3, -0.25) is 0 Å². The maximum Gasteiger partial charge on any atom is 0.139 e. The topological polar surface area (TPSA) is 50.7 Å². The number of aliphatic hydroxyl groups is 1. The highest BCUT2D eigenvalue weighted by Gasteiger charge is 2.07. The highest BCUT2D eigenvalue weighted by molar-refractivity contribution is 6.34. The van der Waals surface area contributed by atoms with E-state index in [9.17, 15) is 5.11 Å². The molecule has 0 aliphatic rings. The maximum absolute atomic E-state index is 9.78. The number of benzene rings is 1. The number of rotatable bonds is 10. The van der Waals surface area contributed by atoms with Crippen molar-refractivity contribution in [2.24, 2.45) is 0 Å². The Bertz CT molecular complexity index is 391. The summed E-state index contributed by atoms with van der Waals surface area (Å²) < 4.78 is 10.7. The lowest BCUT2D eigenvalue weighted by Gasteiger charge is -2.14. The van der Waals surface area contributed by atoms with Crippen LogP contribution in [-0.4, -0.2) is 44.1 Å².